The van der Waals surface area contributed by atoms with E-state index >= 15 is 0 Å². The average Bonchev–Trinajstić information content (AvgIpc) is 2.59. The van der Waals surface area contributed by atoms with Gasteiger partial charge in [-0.3, -0.25) is 0 Å². The molecule has 146 valence electrons. The molecular weight excluding hydrogens is 441 g/mol. The fourth-order valence-corrected chi connectivity index (χ4v) is 4.64. The van der Waals surface area contributed by atoms with Gasteiger partial charge in [-0.05, 0) is 63.8 Å². The van der Waals surface area contributed by atoms with Gasteiger partial charge in [0.2, 0.25) is 0 Å². The molecule has 0 aromatic heterocycles. The Bertz CT molecular complexity index is 585. The molecule has 0 spiro atoms. The van der Waals surface area contributed by atoms with Gasteiger partial charge in [-0.1, -0.05) is 0 Å². The number of hydrogen-bond donors (Lipinski definition) is 0. The molecule has 1 aromatic carbocycles. The fourth-order valence-electron chi connectivity index (χ4n) is 4.64. The largest absolute Gasteiger partial charge is 1.00 e. The maximum absolute atomic E-state index is 12.4. The number of quaternary nitrogens is 1. The van der Waals surface area contributed by atoms with E-state index < -0.39 is 0 Å². The van der Waals surface area contributed by atoms with E-state index in [9.17, 15) is 4.79 Å². The maximum Gasteiger partial charge on any atom is 0.338 e. The molecule has 3 rings (SSSR count). The molecule has 3 unspecified atom stereocenters. The summed E-state index contributed by atoms with van der Waals surface area (Å²) in [5, 5.41) is 0. The third-order valence-electron chi connectivity index (χ3n) is 5.90. The number of esters is 1. The Hall–Kier alpha value is -0.820. The second-order valence-electron chi connectivity index (χ2n) is 8.18. The minimum Gasteiger partial charge on any atom is -1.00 e. The Morgan fingerprint density at radius 3 is 2.50 bits per heavy atom. The zero-order valence-electron chi connectivity index (χ0n) is 16.2. The first-order valence-corrected chi connectivity index (χ1v) is 9.76. The topological polar surface area (TPSA) is 35.5 Å². The second kappa shape index (κ2) is 9.40. The number of carbonyl (C=O) groups excluding carboxylic acids is 1. The van der Waals surface area contributed by atoms with Gasteiger partial charge in [0, 0.05) is 12.3 Å². The number of halogens is 1. The second-order valence-corrected chi connectivity index (χ2v) is 8.18. The lowest BCUT2D eigenvalue weighted by Crippen LogP contribution is -3.00. The van der Waals surface area contributed by atoms with E-state index in [-0.39, 0.29) is 36.0 Å². The lowest BCUT2D eigenvalue weighted by molar-refractivity contribution is -0.947. The van der Waals surface area contributed by atoms with Gasteiger partial charge in [0.15, 0.2) is 0 Å². The molecule has 2 aliphatic rings. The van der Waals surface area contributed by atoms with E-state index in [1.54, 1.807) is 12.1 Å². The highest BCUT2D eigenvalue weighted by atomic mass is 127. The van der Waals surface area contributed by atoms with Crippen LogP contribution in [0.4, 0.5) is 0 Å². The Labute approximate surface area is 174 Å². The van der Waals surface area contributed by atoms with Crippen LogP contribution in [0, 0.1) is 5.92 Å². The van der Waals surface area contributed by atoms with Gasteiger partial charge in [0.25, 0.3) is 0 Å². The van der Waals surface area contributed by atoms with E-state index in [0.29, 0.717) is 24.1 Å². The van der Waals surface area contributed by atoms with Crippen LogP contribution in [-0.4, -0.2) is 49.3 Å². The van der Waals surface area contributed by atoms with Crippen LogP contribution in [0.25, 0.3) is 0 Å². The number of rotatable bonds is 5. The van der Waals surface area contributed by atoms with Gasteiger partial charge in [0.05, 0.1) is 37.8 Å². The van der Waals surface area contributed by atoms with Crippen LogP contribution >= 0.6 is 0 Å². The van der Waals surface area contributed by atoms with E-state index in [4.69, 9.17) is 9.47 Å². The summed E-state index contributed by atoms with van der Waals surface area (Å²) < 4.78 is 12.5. The van der Waals surface area contributed by atoms with Crippen molar-refractivity contribution in [1.29, 1.82) is 0 Å². The molecule has 5 heteroatoms. The van der Waals surface area contributed by atoms with Crippen LogP contribution in [0.5, 0.6) is 5.75 Å². The summed E-state index contributed by atoms with van der Waals surface area (Å²) in [5.74, 6) is 1.08. The van der Waals surface area contributed by atoms with Crippen LogP contribution in [0.15, 0.2) is 24.3 Å². The average molecular weight is 473 g/mol. The van der Waals surface area contributed by atoms with Crippen LogP contribution in [0.1, 0.15) is 56.3 Å². The SMILES string of the molecule is CC(C)Oc1ccc(C(=O)OCC2CCC[N+]3(C)CCCCC23)cc1.[I-]. The zero-order chi connectivity index (χ0) is 17.9. The monoisotopic (exact) mass is 473 g/mol. The number of benzene rings is 1. The first-order valence-electron chi connectivity index (χ1n) is 9.76. The van der Waals surface area contributed by atoms with Crippen molar-refractivity contribution >= 4 is 5.97 Å². The molecule has 0 N–H and O–H groups in total. The molecule has 2 saturated heterocycles. The van der Waals surface area contributed by atoms with Crippen LogP contribution in [-0.2, 0) is 4.74 Å². The molecule has 4 nitrogen and oxygen atoms in total. The molecule has 0 bridgehead atoms. The van der Waals surface area contributed by atoms with Gasteiger partial charge in [-0.2, -0.15) is 0 Å². The summed E-state index contributed by atoms with van der Waals surface area (Å²) >= 11 is 0. The molecule has 2 aliphatic heterocycles. The summed E-state index contributed by atoms with van der Waals surface area (Å²) in [5.41, 5.74) is 0.604. The zero-order valence-corrected chi connectivity index (χ0v) is 18.4. The Balaban J connectivity index is 0.00000243. The van der Waals surface area contributed by atoms with Crippen LogP contribution in [0.2, 0.25) is 0 Å². The predicted molar refractivity (Wildman–Crippen MR) is 98.8 cm³/mol. The van der Waals surface area contributed by atoms with Gasteiger partial charge in [-0.25, -0.2) is 4.79 Å². The Morgan fingerprint density at radius 2 is 1.81 bits per heavy atom. The normalized spacial score (nSPS) is 28.0. The van der Waals surface area contributed by atoms with E-state index in [0.717, 1.165) is 5.75 Å². The molecule has 1 aromatic rings. The Morgan fingerprint density at radius 1 is 1.12 bits per heavy atom. The molecule has 0 saturated carbocycles. The standard InChI is InChI=1S/C21H32NO3.HI/c1-16(2)25-19-11-9-17(10-12-19)21(23)24-15-18-7-6-14-22(3)13-5-4-8-20(18)22;/h9-12,16,18,20H,4-8,13-15H2,1-3H3;1H/q+1;/p-1. The molecule has 0 amide bonds. The minimum atomic E-state index is -0.216. The van der Waals surface area contributed by atoms with Crippen molar-refractivity contribution in [2.45, 2.75) is 58.1 Å². The van der Waals surface area contributed by atoms with Crippen LogP contribution in [0.3, 0.4) is 0 Å². The first-order chi connectivity index (χ1) is 12.0. The highest BCUT2D eigenvalue weighted by Crippen LogP contribution is 2.36. The van der Waals surface area contributed by atoms with Crippen molar-refractivity contribution in [3.05, 3.63) is 29.8 Å². The van der Waals surface area contributed by atoms with Gasteiger partial charge in [0.1, 0.15) is 12.4 Å². The molecule has 0 radical (unpaired) electrons. The maximum atomic E-state index is 12.4. The molecule has 3 atom stereocenters. The van der Waals surface area contributed by atoms with Gasteiger partial charge >= 0.3 is 5.97 Å². The minimum absolute atomic E-state index is 0. The predicted octanol–water partition coefficient (Wildman–Crippen LogP) is 1.04. The smallest absolute Gasteiger partial charge is 0.338 e. The van der Waals surface area contributed by atoms with Crippen molar-refractivity contribution in [3.63, 3.8) is 0 Å². The van der Waals surface area contributed by atoms with Gasteiger partial charge in [-0.15, -0.1) is 0 Å². The quantitative estimate of drug-likeness (QED) is 0.365. The summed E-state index contributed by atoms with van der Waals surface area (Å²) in [7, 11) is 2.39. The van der Waals surface area contributed by atoms with Crippen LogP contribution < -0.4 is 28.7 Å². The van der Waals surface area contributed by atoms with Crippen molar-refractivity contribution in [2.75, 3.05) is 26.7 Å². The molecule has 0 aliphatic carbocycles. The number of carbonyl (C=O) groups is 1. The molecule has 2 heterocycles. The summed E-state index contributed by atoms with van der Waals surface area (Å²) in [6.45, 7) is 7.11. The van der Waals surface area contributed by atoms with Gasteiger partial charge < -0.3 is 37.9 Å². The Kier molecular flexibility index (Phi) is 7.76. The molecular formula is C21H32INO3. The number of fused-ring (bicyclic) bond motifs is 1. The highest BCUT2D eigenvalue weighted by molar-refractivity contribution is 5.89. The summed E-state index contributed by atoms with van der Waals surface area (Å²) in [4.78, 5) is 12.4. The fraction of sp³-hybridized carbons (Fsp3) is 0.667. The summed E-state index contributed by atoms with van der Waals surface area (Å²) in [6.07, 6.45) is 6.50. The van der Waals surface area contributed by atoms with E-state index in [1.807, 2.05) is 26.0 Å². The van der Waals surface area contributed by atoms with E-state index in [2.05, 4.69) is 7.05 Å². The van der Waals surface area contributed by atoms with Crippen molar-refractivity contribution in [1.82, 2.24) is 0 Å². The van der Waals surface area contributed by atoms with Crippen molar-refractivity contribution in [2.24, 2.45) is 5.92 Å². The lowest BCUT2D eigenvalue weighted by atomic mass is 9.82. The molecule has 26 heavy (non-hydrogen) atoms. The van der Waals surface area contributed by atoms with Crippen molar-refractivity contribution < 1.29 is 42.7 Å². The van der Waals surface area contributed by atoms with Crippen molar-refractivity contribution in [3.8, 4) is 5.75 Å². The van der Waals surface area contributed by atoms with E-state index in [1.165, 1.54) is 49.7 Å². The molecule has 2 fully saturated rings. The third kappa shape index (κ3) is 5.12. The lowest BCUT2D eigenvalue weighted by Gasteiger charge is -2.51. The highest BCUT2D eigenvalue weighted by Gasteiger charge is 2.43. The number of ether oxygens (including phenoxy) is 2. The first kappa shape index (κ1) is 21.5. The number of hydrogen-bond acceptors (Lipinski definition) is 3. The number of nitrogens with zero attached hydrogens (tertiary/aromatic N) is 1. The number of piperidine rings is 2. The third-order valence-corrected chi connectivity index (χ3v) is 5.90. The summed E-state index contributed by atoms with van der Waals surface area (Å²) in [6, 6.07) is 7.93.